The van der Waals surface area contributed by atoms with Crippen molar-refractivity contribution in [1.82, 2.24) is 14.9 Å². The van der Waals surface area contributed by atoms with E-state index in [1.807, 2.05) is 41.1 Å². The monoisotopic (exact) mass is 365 g/mol. The number of nitrogens with zero attached hydrogens (tertiary/aromatic N) is 2. The van der Waals surface area contributed by atoms with Gasteiger partial charge in [0.25, 0.3) is 0 Å². The van der Waals surface area contributed by atoms with E-state index in [1.54, 1.807) is 6.20 Å². The van der Waals surface area contributed by atoms with Gasteiger partial charge in [-0.2, -0.15) is 0 Å². The Bertz CT molecular complexity index is 970. The first-order valence-electron chi connectivity index (χ1n) is 9.48. The number of aromatic nitrogens is 2. The molecule has 2 unspecified atom stereocenters. The lowest BCUT2D eigenvalue weighted by Crippen LogP contribution is -2.34. The molecule has 1 aliphatic heterocycles. The Balaban J connectivity index is 1.42. The maximum atomic E-state index is 10.7. The summed E-state index contributed by atoms with van der Waals surface area (Å²) in [7, 11) is 0. The molecule has 2 aliphatic rings. The lowest BCUT2D eigenvalue weighted by molar-refractivity contribution is -0.0166. The molecule has 6 heteroatoms. The van der Waals surface area contributed by atoms with Crippen LogP contribution in [0.25, 0.3) is 11.0 Å². The molecule has 27 heavy (non-hydrogen) atoms. The second-order valence-corrected chi connectivity index (χ2v) is 7.40. The standard InChI is InChI=1S/C21H23N3O3/c25-19-16(24-10-7-14-4-2-8-23-21(14)24)11-18(20(19)26)27-17-5-1-3-13-6-9-22-12-15(13)17/h1-5,7-8,10,16,18-20,22,25-26H,6,9,11-12H2/t16?,18?,19-,20+/m0/s1. The van der Waals surface area contributed by atoms with Crippen LogP contribution in [0, 0.1) is 0 Å². The number of hydrogen-bond acceptors (Lipinski definition) is 5. The summed E-state index contributed by atoms with van der Waals surface area (Å²) >= 11 is 0. The van der Waals surface area contributed by atoms with Gasteiger partial charge in [0.2, 0.25) is 0 Å². The average molecular weight is 365 g/mol. The SMILES string of the molecule is O[C@@H]1C(Oc2cccc3c2CNCC3)CC(n2ccc3cccnc32)[C@@H]1O. The van der Waals surface area contributed by atoms with Crippen LogP contribution in [0.3, 0.4) is 0 Å². The average Bonchev–Trinajstić information content (AvgIpc) is 3.25. The number of ether oxygens (including phenoxy) is 1. The van der Waals surface area contributed by atoms with Gasteiger partial charge in [-0.15, -0.1) is 0 Å². The van der Waals surface area contributed by atoms with Gasteiger partial charge in [0.05, 0.1) is 6.04 Å². The van der Waals surface area contributed by atoms with E-state index in [4.69, 9.17) is 4.74 Å². The van der Waals surface area contributed by atoms with Crippen molar-refractivity contribution in [2.75, 3.05) is 6.54 Å². The Morgan fingerprint density at radius 3 is 2.96 bits per heavy atom. The van der Waals surface area contributed by atoms with Crippen molar-refractivity contribution in [2.24, 2.45) is 0 Å². The zero-order chi connectivity index (χ0) is 18.4. The van der Waals surface area contributed by atoms with Gasteiger partial charge < -0.3 is 24.8 Å². The van der Waals surface area contributed by atoms with Crippen molar-refractivity contribution in [3.05, 3.63) is 59.9 Å². The maximum absolute atomic E-state index is 10.7. The quantitative estimate of drug-likeness (QED) is 0.660. The lowest BCUT2D eigenvalue weighted by Gasteiger charge is -2.24. The van der Waals surface area contributed by atoms with E-state index < -0.39 is 18.3 Å². The van der Waals surface area contributed by atoms with Crippen LogP contribution in [0.5, 0.6) is 5.75 Å². The van der Waals surface area contributed by atoms with Gasteiger partial charge in [-0.3, -0.25) is 0 Å². The fourth-order valence-electron chi connectivity index (χ4n) is 4.37. The number of aliphatic hydroxyl groups excluding tert-OH is 2. The Hall–Kier alpha value is -2.41. The third-order valence-electron chi connectivity index (χ3n) is 5.81. The van der Waals surface area contributed by atoms with Crippen molar-refractivity contribution in [2.45, 2.75) is 43.7 Å². The highest BCUT2D eigenvalue weighted by Crippen LogP contribution is 2.37. The lowest BCUT2D eigenvalue weighted by atomic mass is 10.0. The Morgan fingerprint density at radius 2 is 2.04 bits per heavy atom. The van der Waals surface area contributed by atoms with Gasteiger partial charge in [0.15, 0.2) is 0 Å². The molecule has 6 nitrogen and oxygen atoms in total. The fourth-order valence-corrected chi connectivity index (χ4v) is 4.37. The molecule has 0 amide bonds. The normalized spacial score (nSPS) is 27.6. The maximum Gasteiger partial charge on any atom is 0.140 e. The number of benzene rings is 1. The number of fused-ring (bicyclic) bond motifs is 2. The molecule has 1 aromatic carbocycles. The van der Waals surface area contributed by atoms with Crippen LogP contribution in [0.1, 0.15) is 23.6 Å². The van der Waals surface area contributed by atoms with E-state index in [1.165, 1.54) is 5.56 Å². The van der Waals surface area contributed by atoms with Crippen LogP contribution >= 0.6 is 0 Å². The van der Waals surface area contributed by atoms with E-state index in [0.29, 0.717) is 6.42 Å². The number of aliphatic hydroxyl groups is 2. The van der Waals surface area contributed by atoms with Crippen molar-refractivity contribution in [3.63, 3.8) is 0 Å². The molecule has 3 N–H and O–H groups in total. The Labute approximate surface area is 157 Å². The molecule has 0 spiro atoms. The summed E-state index contributed by atoms with van der Waals surface area (Å²) in [4.78, 5) is 4.43. The van der Waals surface area contributed by atoms with E-state index >= 15 is 0 Å². The molecular formula is C21H23N3O3. The van der Waals surface area contributed by atoms with Crippen LogP contribution in [-0.4, -0.2) is 44.6 Å². The number of pyridine rings is 1. The molecule has 5 rings (SSSR count). The smallest absolute Gasteiger partial charge is 0.140 e. The van der Waals surface area contributed by atoms with Crippen molar-refractivity contribution in [1.29, 1.82) is 0 Å². The minimum absolute atomic E-state index is 0.268. The summed E-state index contributed by atoms with van der Waals surface area (Å²) in [5.41, 5.74) is 3.26. The van der Waals surface area contributed by atoms with Crippen LogP contribution in [0.15, 0.2) is 48.8 Å². The van der Waals surface area contributed by atoms with Gasteiger partial charge in [-0.1, -0.05) is 12.1 Å². The molecule has 1 saturated carbocycles. The van der Waals surface area contributed by atoms with E-state index in [2.05, 4.69) is 16.4 Å². The van der Waals surface area contributed by atoms with Gasteiger partial charge in [-0.05, 0) is 42.8 Å². The van der Waals surface area contributed by atoms with Gasteiger partial charge in [0, 0.05) is 36.3 Å². The molecule has 0 saturated heterocycles. The molecule has 0 radical (unpaired) electrons. The highest BCUT2D eigenvalue weighted by molar-refractivity contribution is 5.75. The molecule has 0 bridgehead atoms. The van der Waals surface area contributed by atoms with Crippen molar-refractivity contribution < 1.29 is 14.9 Å². The largest absolute Gasteiger partial charge is 0.487 e. The van der Waals surface area contributed by atoms with Crippen molar-refractivity contribution >= 4 is 11.0 Å². The molecular weight excluding hydrogens is 342 g/mol. The first kappa shape index (κ1) is 16.7. The fraction of sp³-hybridized carbons (Fsp3) is 0.381. The summed E-state index contributed by atoms with van der Waals surface area (Å²) in [6.45, 7) is 1.74. The predicted octanol–water partition coefficient (Wildman–Crippen LogP) is 1.80. The molecule has 1 aliphatic carbocycles. The van der Waals surface area contributed by atoms with Crippen LogP contribution in [0.2, 0.25) is 0 Å². The molecule has 4 atom stereocenters. The summed E-state index contributed by atoms with van der Waals surface area (Å²) in [5.74, 6) is 0.798. The second-order valence-electron chi connectivity index (χ2n) is 7.40. The van der Waals surface area contributed by atoms with Crippen LogP contribution in [0.4, 0.5) is 0 Å². The Kier molecular flexibility index (Phi) is 4.11. The summed E-state index contributed by atoms with van der Waals surface area (Å²) in [5, 5.41) is 25.7. The topological polar surface area (TPSA) is 79.5 Å². The first-order valence-corrected chi connectivity index (χ1v) is 9.48. The van der Waals surface area contributed by atoms with Crippen LogP contribution < -0.4 is 10.1 Å². The molecule has 140 valence electrons. The Morgan fingerprint density at radius 1 is 1.11 bits per heavy atom. The minimum Gasteiger partial charge on any atom is -0.487 e. The molecule has 2 aromatic heterocycles. The third-order valence-corrected chi connectivity index (χ3v) is 5.81. The third kappa shape index (κ3) is 2.81. The molecule has 3 aromatic rings. The predicted molar refractivity (Wildman–Crippen MR) is 102 cm³/mol. The molecule has 1 fully saturated rings. The summed E-state index contributed by atoms with van der Waals surface area (Å²) < 4.78 is 8.17. The van der Waals surface area contributed by atoms with Gasteiger partial charge in [0.1, 0.15) is 29.7 Å². The van der Waals surface area contributed by atoms with E-state index in [-0.39, 0.29) is 6.04 Å². The number of rotatable bonds is 3. The number of nitrogens with one attached hydrogen (secondary N) is 1. The highest BCUT2D eigenvalue weighted by atomic mass is 16.5. The van der Waals surface area contributed by atoms with Crippen LogP contribution in [-0.2, 0) is 13.0 Å². The first-order chi connectivity index (χ1) is 13.2. The zero-order valence-corrected chi connectivity index (χ0v) is 15.0. The highest BCUT2D eigenvalue weighted by Gasteiger charge is 2.44. The van der Waals surface area contributed by atoms with Crippen molar-refractivity contribution in [3.8, 4) is 5.75 Å². The zero-order valence-electron chi connectivity index (χ0n) is 15.0. The second kappa shape index (κ2) is 6.64. The minimum atomic E-state index is -0.941. The van der Waals surface area contributed by atoms with Gasteiger partial charge >= 0.3 is 0 Å². The molecule has 3 heterocycles. The summed E-state index contributed by atoms with van der Waals surface area (Å²) in [6, 6.07) is 11.7. The number of hydrogen-bond donors (Lipinski definition) is 3. The van der Waals surface area contributed by atoms with Gasteiger partial charge in [-0.25, -0.2) is 4.98 Å². The summed E-state index contributed by atoms with van der Waals surface area (Å²) in [6.07, 6.45) is 2.88. The van der Waals surface area contributed by atoms with E-state index in [0.717, 1.165) is 41.9 Å². The van der Waals surface area contributed by atoms with E-state index in [9.17, 15) is 10.2 Å².